The molecule has 11 rings (SSSR count). The van der Waals surface area contributed by atoms with Crippen LogP contribution in [0, 0.1) is 6.92 Å². The lowest BCUT2D eigenvalue weighted by atomic mass is 9.81. The van der Waals surface area contributed by atoms with Gasteiger partial charge in [-0.3, -0.25) is 4.79 Å². The summed E-state index contributed by atoms with van der Waals surface area (Å²) in [5.41, 5.74) is -3.59. The molecule has 2 spiro atoms. The smallest absolute Gasteiger partial charge is 0.342 e. The number of carbonyl (C=O) groups is 2. The van der Waals surface area contributed by atoms with E-state index >= 15 is 0 Å². The van der Waals surface area contributed by atoms with Gasteiger partial charge in [0.1, 0.15) is 90.1 Å². The first-order chi connectivity index (χ1) is 41.6. The molecule has 10 aliphatic rings. The minimum Gasteiger partial charge on any atom is -0.505 e. The van der Waals surface area contributed by atoms with E-state index in [0.29, 0.717) is 0 Å². The Morgan fingerprint density at radius 1 is 0.625 bits per heavy atom. The van der Waals surface area contributed by atoms with Gasteiger partial charge in [0.2, 0.25) is 0 Å². The maximum atomic E-state index is 13.3. The summed E-state index contributed by atoms with van der Waals surface area (Å²) in [6, 6.07) is 0. The van der Waals surface area contributed by atoms with Crippen molar-refractivity contribution in [3.63, 3.8) is 0 Å². The van der Waals surface area contributed by atoms with E-state index < -0.39 is 217 Å². The molecule has 1 aromatic carbocycles. The summed E-state index contributed by atoms with van der Waals surface area (Å²) in [4.78, 5) is 25.9. The van der Waals surface area contributed by atoms with Crippen LogP contribution in [0.2, 0.25) is 10.0 Å². The van der Waals surface area contributed by atoms with Gasteiger partial charge in [-0.2, -0.15) is 0 Å². The van der Waals surface area contributed by atoms with Gasteiger partial charge in [0, 0.05) is 40.6 Å². The molecule has 0 amide bonds. The molecule has 32 heteroatoms. The minimum atomic E-state index is -2.02. The number of benzene rings is 1. The van der Waals surface area contributed by atoms with Crippen LogP contribution in [0.5, 0.6) is 11.5 Å². The number of esters is 1. The van der Waals surface area contributed by atoms with Crippen LogP contribution in [0.4, 0.5) is 0 Å². The topological polar surface area (TPSA) is 370 Å². The maximum Gasteiger partial charge on any atom is 0.342 e. The zero-order valence-corrected chi connectivity index (χ0v) is 51.7. The Labute approximate surface area is 515 Å². The molecule has 0 aromatic heterocycles. The lowest BCUT2D eigenvalue weighted by Crippen LogP contribution is -2.71. The summed E-state index contributed by atoms with van der Waals surface area (Å²) < 4.78 is 129. The summed E-state index contributed by atoms with van der Waals surface area (Å²) in [5.74, 6) is -6.64. The van der Waals surface area contributed by atoms with Gasteiger partial charge in [0.15, 0.2) is 66.5 Å². The molecule has 1 aromatic rings. The Morgan fingerprint density at radius 2 is 1.31 bits per heavy atom. The molecule has 0 bridgehead atoms. The fraction of sp³-hybridized carbons (Fsp3) is 0.857. The van der Waals surface area contributed by atoms with Crippen molar-refractivity contribution in [1.29, 1.82) is 0 Å². The molecule has 498 valence electrons. The zero-order valence-electron chi connectivity index (χ0n) is 50.2. The van der Waals surface area contributed by atoms with Crippen molar-refractivity contribution in [1.82, 2.24) is 0 Å². The number of ketones is 1. The van der Waals surface area contributed by atoms with Crippen molar-refractivity contribution in [2.45, 2.75) is 264 Å². The predicted molar refractivity (Wildman–Crippen MR) is 288 cm³/mol. The number of rotatable bonds is 15. The van der Waals surface area contributed by atoms with Crippen LogP contribution in [0.1, 0.15) is 90.1 Å². The van der Waals surface area contributed by atoms with Gasteiger partial charge >= 0.3 is 11.9 Å². The molecule has 10 aliphatic heterocycles. The molecule has 10 fully saturated rings. The molecule has 10 heterocycles. The van der Waals surface area contributed by atoms with Gasteiger partial charge in [-0.05, 0) is 61.0 Å². The van der Waals surface area contributed by atoms with Crippen molar-refractivity contribution in [3.8, 4) is 11.5 Å². The lowest BCUT2D eigenvalue weighted by Gasteiger charge is -2.49. The largest absolute Gasteiger partial charge is 0.505 e. The number of aromatic hydroxyl groups is 2. The number of carbonyl (C=O) groups excluding carboxylic acids is 2. The molecule has 88 heavy (non-hydrogen) atoms. The summed E-state index contributed by atoms with van der Waals surface area (Å²) in [6.07, 6.45) is -28.7. The number of hydrogen-bond acceptors (Lipinski definition) is 30. The standard InChI is InChI=1S/C56H80Cl2O30/c1-19-34(37(62)36(58)38(63)35(19)57)50(66)81-41-20(2)74-32(12-26(41)60)78-42-22(4)83-54(14-27(42)61)87-47-23(5)75-33(15-53(47,8)88-54)79-45-40(65)51(76-21(3)43(45)69-10)82-44-30(16-68-9)77-52(46(70-11)39(44)64)80-31-13-28-29(17-71-31)86-56(85-28)49-48(72-18-73-49)55(67,24(6)59)25(7)84-56/h20-23,25-33,39-49,51-52,60-65,67H,12-18H2,1-11H3/t20-,21-,22-,23-,25-,26-,27-,28+,29+,30-,31-,32+,33+,39+,40-,41-,42-,43+,44-,45-,46+,47-,48-,49-,51+,52+,53-,54?,55+,56+/m1/s1. The molecule has 30 nitrogen and oxygen atoms in total. The summed E-state index contributed by atoms with van der Waals surface area (Å²) in [5, 5.41) is 78.4. The van der Waals surface area contributed by atoms with Gasteiger partial charge in [-0.25, -0.2) is 4.79 Å². The summed E-state index contributed by atoms with van der Waals surface area (Å²) in [6.45, 7) is 12.1. The molecular formula is C56H80Cl2O30. The fourth-order valence-corrected chi connectivity index (χ4v) is 14.4. The fourth-order valence-electron chi connectivity index (χ4n) is 14.0. The van der Waals surface area contributed by atoms with E-state index in [1.54, 1.807) is 27.7 Å². The van der Waals surface area contributed by atoms with E-state index in [2.05, 4.69) is 0 Å². The van der Waals surface area contributed by atoms with Crippen LogP contribution in [0.15, 0.2) is 0 Å². The number of ether oxygens (including phenoxy) is 21. The van der Waals surface area contributed by atoms with Gasteiger partial charge < -0.3 is 135 Å². The highest BCUT2D eigenvalue weighted by molar-refractivity contribution is 6.39. The van der Waals surface area contributed by atoms with Crippen molar-refractivity contribution in [2.24, 2.45) is 0 Å². The van der Waals surface area contributed by atoms with Gasteiger partial charge in [-0.1, -0.05) is 23.2 Å². The highest BCUT2D eigenvalue weighted by atomic mass is 35.5. The van der Waals surface area contributed by atoms with Crippen molar-refractivity contribution in [2.75, 3.05) is 41.3 Å². The second-order valence-electron chi connectivity index (χ2n) is 24.4. The first kappa shape index (κ1) is 67.0. The van der Waals surface area contributed by atoms with E-state index in [-0.39, 0.29) is 56.3 Å². The van der Waals surface area contributed by atoms with Crippen LogP contribution in [-0.4, -0.2) is 272 Å². The first-order valence-corrected chi connectivity index (χ1v) is 30.1. The predicted octanol–water partition coefficient (Wildman–Crippen LogP) is 0.571. The zero-order chi connectivity index (χ0) is 63.4. The van der Waals surface area contributed by atoms with E-state index in [0.717, 1.165) is 0 Å². The Bertz CT molecular complexity index is 2630. The van der Waals surface area contributed by atoms with Crippen LogP contribution in [0.3, 0.4) is 0 Å². The SMILES string of the molecule is COC[C@H]1O[C@@H](O[C@@H]2C[C@@H]3O[C@@]4(O[C@H]3CO2)O[C@H](C)[C@@](O)(C(C)=O)[C@@H]2OCO[C@H]24)[C@@H](OC)[C@@H](O)[C@@H]1O[C@@H]1O[C@H](C)[C@H](OC)[C@H](O[C@H]2C[C@@]3(C)OC4(C[C@@H](O)[C@H](O[C@H]5C[C@@H](O)[C@H](OC(=O)c6c(C)c(Cl)c(O)c(Cl)c6O)[C@@H](C)O5)[C@@H](C)O4)O[C@@H]3[C@@H](C)O2)[C@H]1O. The average molecular weight is 1300 g/mol. The number of halogens is 2. The molecule has 0 aliphatic carbocycles. The van der Waals surface area contributed by atoms with Crippen LogP contribution in [0.25, 0.3) is 0 Å². The second-order valence-corrected chi connectivity index (χ2v) is 25.1. The van der Waals surface area contributed by atoms with E-state index in [1.807, 2.05) is 0 Å². The monoisotopic (exact) mass is 1300 g/mol. The number of phenols is 2. The molecule has 10 saturated heterocycles. The van der Waals surface area contributed by atoms with E-state index in [4.69, 9.17) is 123 Å². The molecule has 30 atom stereocenters. The molecule has 0 radical (unpaired) electrons. The Hall–Kier alpha value is -2.46. The highest BCUT2D eigenvalue weighted by Crippen LogP contribution is 2.53. The molecular weight excluding hydrogens is 1220 g/mol. The third-order valence-corrected chi connectivity index (χ3v) is 19.2. The molecule has 0 saturated carbocycles. The van der Waals surface area contributed by atoms with Gasteiger partial charge in [-0.15, -0.1) is 0 Å². The lowest BCUT2D eigenvalue weighted by molar-refractivity contribution is -0.427. The van der Waals surface area contributed by atoms with Gasteiger partial charge in [0.05, 0.1) is 73.5 Å². The van der Waals surface area contributed by atoms with Crippen molar-refractivity contribution < 1.29 is 145 Å². The third-order valence-electron chi connectivity index (χ3n) is 18.4. The average Bonchev–Trinajstić information content (AvgIpc) is 1.53. The number of aliphatic hydroxyl groups is 5. The molecule has 7 N–H and O–H groups in total. The van der Waals surface area contributed by atoms with Crippen molar-refractivity contribution in [3.05, 3.63) is 21.2 Å². The van der Waals surface area contributed by atoms with Crippen LogP contribution in [-0.2, 0) is 104 Å². The summed E-state index contributed by atoms with van der Waals surface area (Å²) >= 11 is 12.1. The first-order valence-electron chi connectivity index (χ1n) is 29.4. The van der Waals surface area contributed by atoms with Crippen molar-refractivity contribution >= 4 is 35.0 Å². The number of hydrogen-bond donors (Lipinski definition) is 7. The number of fused-ring (bicyclic) bond motifs is 4. The van der Waals surface area contributed by atoms with Crippen LogP contribution >= 0.6 is 23.2 Å². The molecule has 1 unspecified atom stereocenters. The third kappa shape index (κ3) is 11.9. The van der Waals surface area contributed by atoms with Crippen LogP contribution < -0.4 is 0 Å². The number of methoxy groups -OCH3 is 3. The number of phenolic OH excluding ortho intramolecular Hbond substituents is 2. The normalized spacial score (nSPS) is 49.3. The summed E-state index contributed by atoms with van der Waals surface area (Å²) in [7, 11) is 4.21. The maximum absolute atomic E-state index is 13.3. The Kier molecular flexibility index (Phi) is 19.6. The quantitative estimate of drug-likeness (QED) is 0.118. The Balaban J connectivity index is 0.696. The Morgan fingerprint density at radius 3 is 1.99 bits per heavy atom. The van der Waals surface area contributed by atoms with Gasteiger partial charge in [0.25, 0.3) is 5.97 Å². The van der Waals surface area contributed by atoms with E-state index in [9.17, 15) is 45.3 Å². The highest BCUT2D eigenvalue weighted by Gasteiger charge is 2.72. The second kappa shape index (κ2) is 25.7. The number of Topliss-reactive ketones (excluding diaryl/α,β-unsaturated/α-hetero) is 1. The minimum absolute atomic E-state index is 0.000562. The van der Waals surface area contributed by atoms with E-state index in [1.165, 1.54) is 49.0 Å². The number of aliphatic hydroxyl groups excluding tert-OH is 4.